The van der Waals surface area contributed by atoms with Crippen LogP contribution in [-0.4, -0.2) is 37.6 Å². The van der Waals surface area contributed by atoms with Gasteiger partial charge in [0.2, 0.25) is 11.7 Å². The second kappa shape index (κ2) is 6.47. The van der Waals surface area contributed by atoms with E-state index >= 15 is 0 Å². The summed E-state index contributed by atoms with van der Waals surface area (Å²) in [4.78, 5) is 32.5. The number of carbonyl (C=O) groups excluding carboxylic acids is 1. The lowest BCUT2D eigenvalue weighted by Crippen LogP contribution is -2.31. The summed E-state index contributed by atoms with van der Waals surface area (Å²) in [5.74, 6) is 0.0889. The van der Waals surface area contributed by atoms with Crippen molar-refractivity contribution in [2.75, 3.05) is 6.54 Å². The summed E-state index contributed by atoms with van der Waals surface area (Å²) in [6, 6.07) is 10.1. The van der Waals surface area contributed by atoms with Gasteiger partial charge in [0, 0.05) is 24.4 Å². The Morgan fingerprint density at radius 2 is 2.12 bits per heavy atom. The Labute approximate surface area is 148 Å². The Morgan fingerprint density at radius 1 is 1.31 bits per heavy atom. The first kappa shape index (κ1) is 16.1. The molecule has 0 bridgehead atoms. The number of benzene rings is 1. The van der Waals surface area contributed by atoms with Crippen LogP contribution in [0.3, 0.4) is 0 Å². The molecule has 132 valence electrons. The molecule has 1 aliphatic heterocycles. The number of pyridine rings is 1. The molecule has 2 aromatic heterocycles. The summed E-state index contributed by atoms with van der Waals surface area (Å²) in [5.41, 5.74) is 0.400. The maximum Gasteiger partial charge on any atom is 0.259 e. The van der Waals surface area contributed by atoms with Crippen LogP contribution < -0.4 is 5.56 Å². The van der Waals surface area contributed by atoms with E-state index < -0.39 is 5.56 Å². The summed E-state index contributed by atoms with van der Waals surface area (Å²) in [6.45, 7) is 0.505. The quantitative estimate of drug-likeness (QED) is 0.746. The van der Waals surface area contributed by atoms with E-state index in [-0.39, 0.29) is 23.3 Å². The molecule has 2 N–H and O–H groups in total. The highest BCUT2D eigenvalue weighted by atomic mass is 16.5. The van der Waals surface area contributed by atoms with Gasteiger partial charge in [-0.3, -0.25) is 9.59 Å². The lowest BCUT2D eigenvalue weighted by Gasteiger charge is -2.22. The van der Waals surface area contributed by atoms with E-state index in [0.29, 0.717) is 24.7 Å². The second-order valence-electron chi connectivity index (χ2n) is 6.07. The van der Waals surface area contributed by atoms with Crippen molar-refractivity contribution >= 4 is 5.91 Å². The highest BCUT2D eigenvalue weighted by Gasteiger charge is 2.35. The van der Waals surface area contributed by atoms with Crippen LogP contribution in [0.5, 0.6) is 5.75 Å². The van der Waals surface area contributed by atoms with Crippen LogP contribution in [0, 0.1) is 0 Å². The van der Waals surface area contributed by atoms with Crippen LogP contribution in [0.2, 0.25) is 0 Å². The number of aromatic hydroxyl groups is 1. The number of rotatable bonds is 3. The number of hydrogen-bond donors (Lipinski definition) is 2. The molecule has 3 heterocycles. The van der Waals surface area contributed by atoms with Crippen molar-refractivity contribution in [2.45, 2.75) is 18.9 Å². The van der Waals surface area contributed by atoms with Gasteiger partial charge < -0.3 is 19.5 Å². The maximum atomic E-state index is 12.8. The third-order valence-corrected chi connectivity index (χ3v) is 4.41. The molecule has 8 heteroatoms. The molecule has 3 aromatic rings. The Kier molecular flexibility index (Phi) is 4.00. The lowest BCUT2D eigenvalue weighted by atomic mass is 10.2. The minimum atomic E-state index is -0.471. The van der Waals surface area contributed by atoms with Gasteiger partial charge in [-0.15, -0.1) is 0 Å². The molecule has 0 unspecified atom stereocenters. The highest BCUT2D eigenvalue weighted by Crippen LogP contribution is 2.34. The minimum absolute atomic E-state index is 0.0410. The van der Waals surface area contributed by atoms with E-state index in [1.165, 1.54) is 6.20 Å². The SMILES string of the molecule is O=C(c1c[nH]c(=O)cc1O)N1CCC[C@H]1c1nc(-c2ccccc2)no1. The maximum absolute atomic E-state index is 12.8. The van der Waals surface area contributed by atoms with E-state index in [4.69, 9.17) is 4.52 Å². The highest BCUT2D eigenvalue weighted by molar-refractivity contribution is 5.96. The number of amides is 1. The molecule has 1 saturated heterocycles. The largest absolute Gasteiger partial charge is 0.507 e. The first-order chi connectivity index (χ1) is 12.6. The summed E-state index contributed by atoms with van der Waals surface area (Å²) in [6.07, 6.45) is 2.69. The van der Waals surface area contributed by atoms with E-state index in [0.717, 1.165) is 18.1 Å². The summed E-state index contributed by atoms with van der Waals surface area (Å²) >= 11 is 0. The molecule has 0 saturated carbocycles. The average molecular weight is 352 g/mol. The summed E-state index contributed by atoms with van der Waals surface area (Å²) in [5, 5.41) is 13.9. The number of aromatic amines is 1. The molecule has 0 aliphatic carbocycles. The zero-order valence-electron chi connectivity index (χ0n) is 13.8. The van der Waals surface area contributed by atoms with Gasteiger partial charge in [0.15, 0.2) is 0 Å². The number of hydrogen-bond acceptors (Lipinski definition) is 6. The van der Waals surface area contributed by atoms with E-state index in [1.54, 1.807) is 4.90 Å². The van der Waals surface area contributed by atoms with Crippen molar-refractivity contribution in [3.8, 4) is 17.1 Å². The predicted molar refractivity (Wildman–Crippen MR) is 91.5 cm³/mol. The Bertz CT molecular complexity index is 996. The van der Waals surface area contributed by atoms with Gasteiger partial charge in [0.05, 0.1) is 5.56 Å². The summed E-state index contributed by atoms with van der Waals surface area (Å²) in [7, 11) is 0. The van der Waals surface area contributed by atoms with Crippen molar-refractivity contribution in [1.29, 1.82) is 0 Å². The molecular weight excluding hydrogens is 336 g/mol. The predicted octanol–water partition coefficient (Wildman–Crippen LogP) is 2.11. The van der Waals surface area contributed by atoms with Gasteiger partial charge in [0.1, 0.15) is 11.8 Å². The van der Waals surface area contributed by atoms with Crippen molar-refractivity contribution in [3.05, 3.63) is 64.4 Å². The molecule has 1 fully saturated rings. The van der Waals surface area contributed by atoms with Crippen molar-refractivity contribution in [1.82, 2.24) is 20.0 Å². The third kappa shape index (κ3) is 2.85. The fourth-order valence-electron chi connectivity index (χ4n) is 3.13. The molecule has 8 nitrogen and oxygen atoms in total. The molecule has 4 rings (SSSR count). The zero-order valence-corrected chi connectivity index (χ0v) is 13.8. The van der Waals surface area contributed by atoms with Crippen LogP contribution in [-0.2, 0) is 0 Å². The van der Waals surface area contributed by atoms with Crippen LogP contribution in [0.25, 0.3) is 11.4 Å². The van der Waals surface area contributed by atoms with Crippen molar-refractivity contribution in [3.63, 3.8) is 0 Å². The topological polar surface area (TPSA) is 112 Å². The molecule has 26 heavy (non-hydrogen) atoms. The number of nitrogens with zero attached hydrogens (tertiary/aromatic N) is 3. The van der Waals surface area contributed by atoms with Gasteiger partial charge in [-0.2, -0.15) is 4.98 Å². The number of carbonyl (C=O) groups is 1. The molecule has 0 spiro atoms. The molecular formula is C18H16N4O4. The normalized spacial score (nSPS) is 16.8. The standard InChI is InChI=1S/C18H16N4O4/c23-14-9-15(24)19-10-12(14)18(25)22-8-4-7-13(22)17-20-16(21-26-17)11-5-2-1-3-6-11/h1-3,5-6,9-10,13H,4,7-8H2,(H2,19,23,24)/t13-/m0/s1. The fraction of sp³-hybridized carbons (Fsp3) is 0.222. The van der Waals surface area contributed by atoms with Gasteiger partial charge in [-0.1, -0.05) is 35.5 Å². The van der Waals surface area contributed by atoms with Gasteiger partial charge in [-0.05, 0) is 12.8 Å². The van der Waals surface area contributed by atoms with E-state index in [2.05, 4.69) is 15.1 Å². The van der Waals surface area contributed by atoms with E-state index in [9.17, 15) is 14.7 Å². The lowest BCUT2D eigenvalue weighted by molar-refractivity contribution is 0.0706. The molecule has 1 amide bonds. The zero-order chi connectivity index (χ0) is 18.1. The minimum Gasteiger partial charge on any atom is -0.507 e. The number of likely N-dealkylation sites (tertiary alicyclic amines) is 1. The average Bonchev–Trinajstić information content (AvgIpc) is 3.31. The number of nitrogens with one attached hydrogen (secondary N) is 1. The van der Waals surface area contributed by atoms with Crippen LogP contribution in [0.4, 0.5) is 0 Å². The first-order valence-corrected chi connectivity index (χ1v) is 8.25. The number of H-pyrrole nitrogens is 1. The van der Waals surface area contributed by atoms with Crippen molar-refractivity contribution in [2.24, 2.45) is 0 Å². The third-order valence-electron chi connectivity index (χ3n) is 4.41. The van der Waals surface area contributed by atoms with Crippen LogP contribution in [0.15, 0.2) is 51.9 Å². The van der Waals surface area contributed by atoms with Crippen LogP contribution >= 0.6 is 0 Å². The monoisotopic (exact) mass is 352 g/mol. The van der Waals surface area contributed by atoms with Gasteiger partial charge >= 0.3 is 0 Å². The van der Waals surface area contributed by atoms with Crippen LogP contribution in [0.1, 0.15) is 35.1 Å². The Hall–Kier alpha value is -3.42. The molecule has 0 radical (unpaired) electrons. The second-order valence-corrected chi connectivity index (χ2v) is 6.07. The Balaban J connectivity index is 1.62. The first-order valence-electron chi connectivity index (χ1n) is 8.25. The molecule has 1 aromatic carbocycles. The fourth-order valence-corrected chi connectivity index (χ4v) is 3.13. The molecule has 1 aliphatic rings. The molecule has 1 atom stereocenters. The van der Waals surface area contributed by atoms with Gasteiger partial charge in [-0.25, -0.2) is 0 Å². The van der Waals surface area contributed by atoms with E-state index in [1.807, 2.05) is 30.3 Å². The number of aromatic nitrogens is 3. The smallest absolute Gasteiger partial charge is 0.259 e. The summed E-state index contributed by atoms with van der Waals surface area (Å²) < 4.78 is 5.39. The van der Waals surface area contributed by atoms with Crippen molar-refractivity contribution < 1.29 is 14.4 Å². The van der Waals surface area contributed by atoms with Gasteiger partial charge in [0.25, 0.3) is 11.5 Å². The Morgan fingerprint density at radius 3 is 2.88 bits per heavy atom.